The maximum atomic E-state index is 5.70. The lowest BCUT2D eigenvalue weighted by Gasteiger charge is -2.21. The zero-order chi connectivity index (χ0) is 19.6. The SMILES string of the molecule is CCNC(=NCC1CCN(c2ccccc2OC)C1)NCCCOCC1CC1. The van der Waals surface area contributed by atoms with Crippen LogP contribution in [0.3, 0.4) is 0 Å². The lowest BCUT2D eigenvalue weighted by Crippen LogP contribution is -2.38. The fourth-order valence-electron chi connectivity index (χ4n) is 3.57. The van der Waals surface area contributed by atoms with Crippen LogP contribution in [0.25, 0.3) is 0 Å². The van der Waals surface area contributed by atoms with Gasteiger partial charge in [0.05, 0.1) is 12.8 Å². The zero-order valence-corrected chi connectivity index (χ0v) is 17.5. The molecule has 1 aliphatic carbocycles. The number of para-hydroxylation sites is 2. The number of nitrogens with zero attached hydrogens (tertiary/aromatic N) is 2. The molecule has 1 aliphatic heterocycles. The molecule has 6 nitrogen and oxygen atoms in total. The maximum Gasteiger partial charge on any atom is 0.191 e. The van der Waals surface area contributed by atoms with Crippen LogP contribution in [0.2, 0.25) is 0 Å². The molecule has 0 aromatic heterocycles. The molecule has 28 heavy (non-hydrogen) atoms. The Hall–Kier alpha value is -1.95. The molecule has 156 valence electrons. The summed E-state index contributed by atoms with van der Waals surface area (Å²) >= 11 is 0. The van der Waals surface area contributed by atoms with Crippen molar-refractivity contribution < 1.29 is 9.47 Å². The third kappa shape index (κ3) is 6.59. The van der Waals surface area contributed by atoms with E-state index >= 15 is 0 Å². The smallest absolute Gasteiger partial charge is 0.191 e. The van der Waals surface area contributed by atoms with Crippen LogP contribution in [0.1, 0.15) is 32.6 Å². The van der Waals surface area contributed by atoms with Crippen molar-refractivity contribution in [3.63, 3.8) is 0 Å². The first kappa shape index (κ1) is 20.8. The van der Waals surface area contributed by atoms with Crippen molar-refractivity contribution in [2.45, 2.75) is 32.6 Å². The highest BCUT2D eigenvalue weighted by Gasteiger charge is 2.24. The van der Waals surface area contributed by atoms with Crippen LogP contribution in [0.4, 0.5) is 5.69 Å². The minimum atomic E-state index is 0.572. The van der Waals surface area contributed by atoms with Gasteiger partial charge in [0.25, 0.3) is 0 Å². The summed E-state index contributed by atoms with van der Waals surface area (Å²) < 4.78 is 11.2. The molecule has 2 fully saturated rings. The Balaban J connectivity index is 1.40. The summed E-state index contributed by atoms with van der Waals surface area (Å²) in [5, 5.41) is 6.79. The number of rotatable bonds is 11. The molecular formula is C22H36N4O2. The van der Waals surface area contributed by atoms with Crippen molar-refractivity contribution in [2.75, 3.05) is 57.9 Å². The molecule has 2 N–H and O–H groups in total. The standard InChI is InChI=1S/C22H36N4O2/c1-3-23-22(24-12-6-14-28-17-18-9-10-18)25-15-19-11-13-26(16-19)20-7-4-5-8-21(20)27-2/h4-5,7-8,18-19H,3,6,9-17H2,1-2H3,(H2,23,24,25). The van der Waals surface area contributed by atoms with Gasteiger partial charge in [0.2, 0.25) is 0 Å². The fraction of sp³-hybridized carbons (Fsp3) is 0.682. The third-order valence-electron chi connectivity index (χ3n) is 5.37. The van der Waals surface area contributed by atoms with E-state index in [9.17, 15) is 0 Å². The molecule has 0 bridgehead atoms. The number of ether oxygens (including phenoxy) is 2. The van der Waals surface area contributed by atoms with E-state index in [0.717, 1.165) is 76.4 Å². The number of hydrogen-bond donors (Lipinski definition) is 2. The number of guanidine groups is 1. The Morgan fingerprint density at radius 3 is 2.82 bits per heavy atom. The van der Waals surface area contributed by atoms with Crippen molar-refractivity contribution in [1.82, 2.24) is 10.6 Å². The van der Waals surface area contributed by atoms with Crippen LogP contribution < -0.4 is 20.3 Å². The molecule has 1 unspecified atom stereocenters. The summed E-state index contributed by atoms with van der Waals surface area (Å²) in [5.74, 6) is 3.28. The molecule has 1 saturated carbocycles. The normalized spacial score (nSPS) is 19.7. The largest absolute Gasteiger partial charge is 0.495 e. The van der Waals surface area contributed by atoms with Crippen molar-refractivity contribution in [1.29, 1.82) is 0 Å². The van der Waals surface area contributed by atoms with E-state index < -0.39 is 0 Å². The van der Waals surface area contributed by atoms with Crippen LogP contribution in [-0.4, -0.2) is 59.0 Å². The molecule has 1 heterocycles. The molecule has 1 aromatic rings. The van der Waals surface area contributed by atoms with Gasteiger partial charge in [-0.2, -0.15) is 0 Å². The van der Waals surface area contributed by atoms with Crippen LogP contribution in [0.5, 0.6) is 5.75 Å². The summed E-state index contributed by atoms with van der Waals surface area (Å²) in [6, 6.07) is 8.26. The first-order chi connectivity index (χ1) is 13.8. The fourth-order valence-corrected chi connectivity index (χ4v) is 3.57. The molecule has 3 rings (SSSR count). The monoisotopic (exact) mass is 388 g/mol. The zero-order valence-electron chi connectivity index (χ0n) is 17.5. The second-order valence-corrected chi connectivity index (χ2v) is 7.79. The average molecular weight is 389 g/mol. The number of nitrogens with one attached hydrogen (secondary N) is 2. The van der Waals surface area contributed by atoms with E-state index in [2.05, 4.69) is 34.6 Å². The first-order valence-corrected chi connectivity index (χ1v) is 10.8. The minimum absolute atomic E-state index is 0.572. The van der Waals surface area contributed by atoms with Gasteiger partial charge in [-0.1, -0.05) is 12.1 Å². The number of hydrogen-bond acceptors (Lipinski definition) is 4. The van der Waals surface area contributed by atoms with Gasteiger partial charge in [0.15, 0.2) is 5.96 Å². The Morgan fingerprint density at radius 2 is 2.04 bits per heavy atom. The van der Waals surface area contributed by atoms with Crippen molar-refractivity contribution in [2.24, 2.45) is 16.8 Å². The van der Waals surface area contributed by atoms with Gasteiger partial charge in [0.1, 0.15) is 5.75 Å². The second-order valence-electron chi connectivity index (χ2n) is 7.79. The summed E-state index contributed by atoms with van der Waals surface area (Å²) in [4.78, 5) is 7.23. The third-order valence-corrected chi connectivity index (χ3v) is 5.37. The predicted octanol–water partition coefficient (Wildman–Crippen LogP) is 2.89. The van der Waals surface area contributed by atoms with Gasteiger partial charge in [-0.3, -0.25) is 4.99 Å². The van der Waals surface area contributed by atoms with E-state index in [-0.39, 0.29) is 0 Å². The summed E-state index contributed by atoms with van der Waals surface area (Å²) in [6.45, 7) is 8.59. The van der Waals surface area contributed by atoms with E-state index in [1.54, 1.807) is 7.11 Å². The highest BCUT2D eigenvalue weighted by molar-refractivity contribution is 5.79. The lowest BCUT2D eigenvalue weighted by molar-refractivity contribution is 0.123. The molecule has 0 radical (unpaired) electrons. The molecule has 2 aliphatic rings. The average Bonchev–Trinajstić information content (AvgIpc) is 3.43. The van der Waals surface area contributed by atoms with Crippen molar-refractivity contribution in [3.8, 4) is 5.75 Å². The van der Waals surface area contributed by atoms with Gasteiger partial charge in [-0.15, -0.1) is 0 Å². The Bertz CT molecular complexity index is 618. The van der Waals surface area contributed by atoms with Crippen LogP contribution in [0, 0.1) is 11.8 Å². The van der Waals surface area contributed by atoms with E-state index in [4.69, 9.17) is 14.5 Å². The molecule has 0 spiro atoms. The Kier molecular flexibility index (Phi) is 8.27. The molecule has 1 aromatic carbocycles. The first-order valence-electron chi connectivity index (χ1n) is 10.8. The quantitative estimate of drug-likeness (QED) is 0.347. The highest BCUT2D eigenvalue weighted by Crippen LogP contribution is 2.32. The van der Waals surface area contributed by atoms with Crippen molar-refractivity contribution >= 4 is 11.6 Å². The Labute approximate surface area is 169 Å². The van der Waals surface area contributed by atoms with Crippen LogP contribution >= 0.6 is 0 Å². The van der Waals surface area contributed by atoms with Crippen LogP contribution in [-0.2, 0) is 4.74 Å². The highest BCUT2D eigenvalue weighted by atomic mass is 16.5. The van der Waals surface area contributed by atoms with E-state index in [1.165, 1.54) is 18.5 Å². The van der Waals surface area contributed by atoms with Gasteiger partial charge in [-0.05, 0) is 56.6 Å². The molecule has 0 amide bonds. The molecular weight excluding hydrogens is 352 g/mol. The Morgan fingerprint density at radius 1 is 1.18 bits per heavy atom. The van der Waals surface area contributed by atoms with Crippen LogP contribution in [0.15, 0.2) is 29.3 Å². The number of anilines is 1. The van der Waals surface area contributed by atoms with E-state index in [1.807, 2.05) is 12.1 Å². The molecule has 6 heteroatoms. The second kappa shape index (κ2) is 11.1. The minimum Gasteiger partial charge on any atom is -0.495 e. The lowest BCUT2D eigenvalue weighted by atomic mass is 10.1. The predicted molar refractivity (Wildman–Crippen MR) is 115 cm³/mol. The summed E-state index contributed by atoms with van der Waals surface area (Å²) in [6.07, 6.45) is 4.88. The number of methoxy groups -OCH3 is 1. The summed E-state index contributed by atoms with van der Waals surface area (Å²) in [5.41, 5.74) is 1.19. The van der Waals surface area contributed by atoms with Gasteiger partial charge in [-0.25, -0.2) is 0 Å². The molecule has 1 saturated heterocycles. The number of benzene rings is 1. The maximum absolute atomic E-state index is 5.70. The van der Waals surface area contributed by atoms with E-state index in [0.29, 0.717) is 5.92 Å². The van der Waals surface area contributed by atoms with Gasteiger partial charge >= 0.3 is 0 Å². The van der Waals surface area contributed by atoms with Gasteiger partial charge in [0, 0.05) is 45.9 Å². The van der Waals surface area contributed by atoms with Crippen molar-refractivity contribution in [3.05, 3.63) is 24.3 Å². The number of aliphatic imine (C=N–C) groups is 1. The summed E-state index contributed by atoms with van der Waals surface area (Å²) in [7, 11) is 1.74. The molecule has 1 atom stereocenters. The topological polar surface area (TPSA) is 58.1 Å². The van der Waals surface area contributed by atoms with Gasteiger partial charge < -0.3 is 25.0 Å².